The van der Waals surface area contributed by atoms with Crippen LogP contribution in [0, 0.1) is 16.7 Å². The van der Waals surface area contributed by atoms with E-state index in [4.69, 9.17) is 4.74 Å². The summed E-state index contributed by atoms with van der Waals surface area (Å²) in [5.74, 6) is -0.0502. The van der Waals surface area contributed by atoms with E-state index < -0.39 is 11.4 Å². The van der Waals surface area contributed by atoms with Gasteiger partial charge in [0.1, 0.15) is 0 Å². The second-order valence-corrected chi connectivity index (χ2v) is 8.38. The highest BCUT2D eigenvalue weighted by molar-refractivity contribution is 5.76. The number of aliphatic carboxylic acids is 1. The van der Waals surface area contributed by atoms with E-state index in [0.717, 1.165) is 45.1 Å². The molecule has 0 heterocycles. The van der Waals surface area contributed by atoms with E-state index in [2.05, 4.69) is 24.3 Å². The van der Waals surface area contributed by atoms with Crippen LogP contribution in [0.5, 0.6) is 0 Å². The molecule has 3 nitrogen and oxygen atoms in total. The number of benzene rings is 1. The van der Waals surface area contributed by atoms with Crippen molar-refractivity contribution in [3.05, 3.63) is 35.9 Å². The quantitative estimate of drug-likeness (QED) is 0.893. The monoisotopic (exact) mass is 314 g/mol. The molecule has 1 aromatic rings. The third kappa shape index (κ3) is 2.24. The van der Waals surface area contributed by atoms with Gasteiger partial charge >= 0.3 is 5.97 Å². The topological polar surface area (TPSA) is 46.5 Å². The number of hydrogen-bond donors (Lipinski definition) is 1. The van der Waals surface area contributed by atoms with Crippen molar-refractivity contribution >= 4 is 5.97 Å². The first-order valence-electron chi connectivity index (χ1n) is 8.88. The van der Waals surface area contributed by atoms with Crippen LogP contribution in [-0.4, -0.2) is 24.3 Å². The van der Waals surface area contributed by atoms with Crippen molar-refractivity contribution in [2.45, 2.75) is 50.9 Å². The second-order valence-electron chi connectivity index (χ2n) is 8.38. The first-order chi connectivity index (χ1) is 11.0. The van der Waals surface area contributed by atoms with Crippen LogP contribution in [0.4, 0.5) is 0 Å². The molecule has 5 rings (SSSR count). The van der Waals surface area contributed by atoms with Crippen LogP contribution in [0.15, 0.2) is 30.3 Å². The smallest absolute Gasteiger partial charge is 0.309 e. The second kappa shape index (κ2) is 5.07. The van der Waals surface area contributed by atoms with Gasteiger partial charge in [0.2, 0.25) is 0 Å². The van der Waals surface area contributed by atoms with Crippen LogP contribution in [0.25, 0.3) is 0 Å². The van der Waals surface area contributed by atoms with Crippen molar-refractivity contribution in [2.75, 3.05) is 13.2 Å². The van der Waals surface area contributed by atoms with Crippen LogP contribution in [0.1, 0.15) is 51.0 Å². The highest BCUT2D eigenvalue weighted by atomic mass is 16.5. The van der Waals surface area contributed by atoms with Gasteiger partial charge in [-0.1, -0.05) is 30.3 Å². The van der Waals surface area contributed by atoms with Crippen molar-refractivity contribution in [2.24, 2.45) is 16.7 Å². The molecule has 124 valence electrons. The van der Waals surface area contributed by atoms with Crippen molar-refractivity contribution in [3.8, 4) is 0 Å². The summed E-state index contributed by atoms with van der Waals surface area (Å²) in [5.41, 5.74) is 0.905. The molecule has 4 aliphatic rings. The summed E-state index contributed by atoms with van der Waals surface area (Å²) in [6, 6.07) is 10.6. The summed E-state index contributed by atoms with van der Waals surface area (Å²) in [7, 11) is 0. The average Bonchev–Trinajstić information content (AvgIpc) is 2.53. The SMILES string of the molecule is CCOC[C@@]12CC3CC(C(=O)O)(C1)C[C@](c1ccccc1)(C3)C2. The number of rotatable bonds is 5. The van der Waals surface area contributed by atoms with Crippen LogP contribution in [-0.2, 0) is 14.9 Å². The predicted molar refractivity (Wildman–Crippen MR) is 88.3 cm³/mol. The molecule has 4 atom stereocenters. The fourth-order valence-corrected chi connectivity index (χ4v) is 6.47. The van der Waals surface area contributed by atoms with E-state index in [9.17, 15) is 9.90 Å². The van der Waals surface area contributed by atoms with Crippen LogP contribution in [0.3, 0.4) is 0 Å². The van der Waals surface area contributed by atoms with Gasteiger partial charge in [0.25, 0.3) is 0 Å². The van der Waals surface area contributed by atoms with Crippen molar-refractivity contribution in [1.82, 2.24) is 0 Å². The molecule has 0 aliphatic heterocycles. The minimum Gasteiger partial charge on any atom is -0.481 e. The molecule has 1 aromatic carbocycles. The van der Waals surface area contributed by atoms with Gasteiger partial charge in [-0.25, -0.2) is 0 Å². The zero-order chi connectivity index (χ0) is 16.1. The lowest BCUT2D eigenvalue weighted by Gasteiger charge is -2.65. The summed E-state index contributed by atoms with van der Waals surface area (Å²) < 4.78 is 5.83. The molecule has 23 heavy (non-hydrogen) atoms. The minimum atomic E-state index is -0.581. The van der Waals surface area contributed by atoms with E-state index in [1.54, 1.807) is 0 Å². The molecule has 4 saturated carbocycles. The Hall–Kier alpha value is -1.35. The molecule has 0 spiro atoms. The van der Waals surface area contributed by atoms with E-state index in [-0.39, 0.29) is 10.8 Å². The largest absolute Gasteiger partial charge is 0.481 e. The third-order valence-corrected chi connectivity index (χ3v) is 6.64. The fraction of sp³-hybridized carbons (Fsp3) is 0.650. The van der Waals surface area contributed by atoms with E-state index in [1.165, 1.54) is 5.56 Å². The first kappa shape index (κ1) is 15.2. The standard InChI is InChI=1S/C20H26O3/c1-2-23-14-18-8-15-9-19(11-18,16-6-4-3-5-7-16)13-20(10-15,12-18)17(21)22/h3-7,15H,2,8-14H2,1H3,(H,21,22)/t15?,18-,19+,20?/m1/s1. The average molecular weight is 314 g/mol. The van der Waals surface area contributed by atoms with Gasteiger partial charge in [-0.15, -0.1) is 0 Å². The predicted octanol–water partition coefficient (Wildman–Crippen LogP) is 4.02. The maximum absolute atomic E-state index is 12.2. The number of hydrogen-bond acceptors (Lipinski definition) is 2. The van der Waals surface area contributed by atoms with Gasteiger partial charge in [-0.05, 0) is 67.8 Å². The van der Waals surface area contributed by atoms with Crippen molar-refractivity contribution in [3.63, 3.8) is 0 Å². The Morgan fingerprint density at radius 2 is 1.96 bits per heavy atom. The molecular formula is C20H26O3. The molecule has 0 radical (unpaired) electrons. The Morgan fingerprint density at radius 3 is 2.65 bits per heavy atom. The molecule has 3 heteroatoms. The molecule has 4 bridgehead atoms. The summed E-state index contributed by atoms with van der Waals surface area (Å²) in [4.78, 5) is 12.2. The fourth-order valence-electron chi connectivity index (χ4n) is 6.47. The Bertz CT molecular complexity index is 613. The van der Waals surface area contributed by atoms with E-state index in [1.807, 2.05) is 13.0 Å². The summed E-state index contributed by atoms with van der Waals surface area (Å²) >= 11 is 0. The van der Waals surface area contributed by atoms with Gasteiger partial charge in [0.15, 0.2) is 0 Å². The summed E-state index contributed by atoms with van der Waals surface area (Å²) in [5, 5.41) is 10.0. The van der Waals surface area contributed by atoms with Gasteiger partial charge in [-0.2, -0.15) is 0 Å². The molecule has 2 unspecified atom stereocenters. The van der Waals surface area contributed by atoms with Crippen LogP contribution in [0.2, 0.25) is 0 Å². The highest BCUT2D eigenvalue weighted by Gasteiger charge is 2.66. The number of carbonyl (C=O) groups is 1. The maximum Gasteiger partial charge on any atom is 0.309 e. The lowest BCUT2D eigenvalue weighted by atomic mass is 9.38. The van der Waals surface area contributed by atoms with Crippen LogP contribution >= 0.6 is 0 Å². The number of carboxylic acid groups (broad SMARTS) is 1. The van der Waals surface area contributed by atoms with Crippen molar-refractivity contribution in [1.29, 1.82) is 0 Å². The van der Waals surface area contributed by atoms with Gasteiger partial charge in [0, 0.05) is 6.61 Å². The summed E-state index contributed by atoms with van der Waals surface area (Å²) in [6.45, 7) is 3.47. The molecule has 4 fully saturated rings. The zero-order valence-corrected chi connectivity index (χ0v) is 13.9. The van der Waals surface area contributed by atoms with Gasteiger partial charge < -0.3 is 9.84 Å². The van der Waals surface area contributed by atoms with Gasteiger partial charge in [-0.3, -0.25) is 4.79 Å². The van der Waals surface area contributed by atoms with Gasteiger partial charge in [0.05, 0.1) is 12.0 Å². The first-order valence-corrected chi connectivity index (χ1v) is 8.88. The zero-order valence-electron chi connectivity index (χ0n) is 13.9. The molecule has 0 amide bonds. The van der Waals surface area contributed by atoms with Crippen LogP contribution < -0.4 is 0 Å². The number of ether oxygens (including phenoxy) is 1. The molecule has 4 aliphatic carbocycles. The molecule has 1 N–H and O–H groups in total. The maximum atomic E-state index is 12.2. The summed E-state index contributed by atoms with van der Waals surface area (Å²) in [6.07, 6.45) is 5.88. The molecular weight excluding hydrogens is 288 g/mol. The lowest BCUT2D eigenvalue weighted by Crippen LogP contribution is -2.62. The number of carboxylic acids is 1. The third-order valence-electron chi connectivity index (χ3n) is 6.64. The normalized spacial score (nSPS) is 41.2. The minimum absolute atomic E-state index is 0.0379. The van der Waals surface area contributed by atoms with E-state index >= 15 is 0 Å². The molecule has 0 aromatic heterocycles. The molecule has 0 saturated heterocycles. The Kier molecular flexibility index (Phi) is 3.35. The van der Waals surface area contributed by atoms with E-state index in [0.29, 0.717) is 12.5 Å². The highest BCUT2D eigenvalue weighted by Crippen LogP contribution is 2.70. The van der Waals surface area contributed by atoms with Crippen molar-refractivity contribution < 1.29 is 14.6 Å². The Morgan fingerprint density at radius 1 is 1.17 bits per heavy atom. The Balaban J connectivity index is 1.78. The Labute approximate surface area is 138 Å². The lowest BCUT2D eigenvalue weighted by molar-refractivity contribution is -0.186.